The maximum absolute atomic E-state index is 11.4. The monoisotopic (exact) mass is 297 g/mol. The van der Waals surface area contributed by atoms with Crippen LogP contribution in [0.3, 0.4) is 0 Å². The number of phenols is 1. The molecule has 0 aromatic heterocycles. The number of benzene rings is 1. The summed E-state index contributed by atoms with van der Waals surface area (Å²) in [7, 11) is 0. The average molecular weight is 298 g/mol. The van der Waals surface area contributed by atoms with Gasteiger partial charge in [-0.25, -0.2) is 0 Å². The van der Waals surface area contributed by atoms with Crippen LogP contribution in [0.15, 0.2) is 12.1 Å². The van der Waals surface area contributed by atoms with Crippen molar-refractivity contribution in [2.75, 3.05) is 6.61 Å². The van der Waals surface area contributed by atoms with Crippen molar-refractivity contribution < 1.29 is 14.6 Å². The molecule has 0 saturated carbocycles. The summed E-state index contributed by atoms with van der Waals surface area (Å²) in [5.41, 5.74) is 1.51. The predicted molar refractivity (Wildman–Crippen MR) is 65.8 cm³/mol. The second-order valence-corrected chi connectivity index (χ2v) is 3.89. The first kappa shape index (κ1) is 13.5. The van der Waals surface area contributed by atoms with E-state index in [0.29, 0.717) is 23.1 Å². The van der Waals surface area contributed by atoms with Crippen molar-refractivity contribution in [2.24, 2.45) is 0 Å². The molecule has 0 bridgehead atoms. The number of carbonyl (C=O) groups excluding carboxylic acids is 1. The van der Waals surface area contributed by atoms with Gasteiger partial charge in [-0.3, -0.25) is 4.79 Å². The van der Waals surface area contributed by atoms with Crippen LogP contribution in [0, 0.1) is 11.3 Å². The van der Waals surface area contributed by atoms with E-state index in [1.54, 1.807) is 13.0 Å². The molecular formula is C12H12BrNO3. The van der Waals surface area contributed by atoms with Gasteiger partial charge in [-0.05, 0) is 24.1 Å². The molecule has 90 valence electrons. The topological polar surface area (TPSA) is 70.3 Å². The molecule has 0 fully saturated rings. The Morgan fingerprint density at radius 2 is 2.29 bits per heavy atom. The lowest BCUT2D eigenvalue weighted by molar-refractivity contribution is -0.142. The Kier molecular flexibility index (Phi) is 4.98. The summed E-state index contributed by atoms with van der Waals surface area (Å²) < 4.78 is 4.85. The van der Waals surface area contributed by atoms with Crippen LogP contribution in [-0.4, -0.2) is 17.7 Å². The molecule has 0 atom stereocenters. The van der Waals surface area contributed by atoms with Gasteiger partial charge in [0.25, 0.3) is 0 Å². The van der Waals surface area contributed by atoms with E-state index in [4.69, 9.17) is 10.00 Å². The van der Waals surface area contributed by atoms with Crippen LogP contribution in [0.1, 0.15) is 23.6 Å². The van der Waals surface area contributed by atoms with E-state index in [-0.39, 0.29) is 23.7 Å². The zero-order valence-corrected chi connectivity index (χ0v) is 11.0. The molecule has 0 spiro atoms. The van der Waals surface area contributed by atoms with Crippen molar-refractivity contribution in [1.29, 1.82) is 5.26 Å². The standard InChI is InChI=1S/C12H12BrNO3/c1-2-17-12(16)5-8-3-4-11(15)10(7-14)9(8)6-13/h3-4,15H,2,5-6H2,1H3. The molecule has 17 heavy (non-hydrogen) atoms. The molecular weight excluding hydrogens is 286 g/mol. The number of nitrogens with zero attached hydrogens (tertiary/aromatic N) is 1. The third kappa shape index (κ3) is 3.21. The van der Waals surface area contributed by atoms with E-state index in [1.807, 2.05) is 6.07 Å². The quantitative estimate of drug-likeness (QED) is 0.684. The SMILES string of the molecule is CCOC(=O)Cc1ccc(O)c(C#N)c1CBr. The summed E-state index contributed by atoms with van der Waals surface area (Å²) in [4.78, 5) is 11.4. The van der Waals surface area contributed by atoms with E-state index < -0.39 is 0 Å². The van der Waals surface area contributed by atoms with E-state index in [2.05, 4.69) is 15.9 Å². The molecule has 0 aliphatic carbocycles. The summed E-state index contributed by atoms with van der Waals surface area (Å²) in [5, 5.41) is 18.9. The third-order valence-corrected chi connectivity index (χ3v) is 2.83. The molecule has 0 saturated heterocycles. The van der Waals surface area contributed by atoms with Gasteiger partial charge in [0.1, 0.15) is 11.8 Å². The summed E-state index contributed by atoms with van der Waals surface area (Å²) >= 11 is 3.25. The van der Waals surface area contributed by atoms with Crippen molar-refractivity contribution in [3.05, 3.63) is 28.8 Å². The second-order valence-electron chi connectivity index (χ2n) is 3.32. The number of rotatable bonds is 4. The first-order valence-corrected chi connectivity index (χ1v) is 6.21. The fraction of sp³-hybridized carbons (Fsp3) is 0.333. The number of aromatic hydroxyl groups is 1. The molecule has 1 aromatic rings. The van der Waals surface area contributed by atoms with Crippen molar-refractivity contribution in [3.8, 4) is 11.8 Å². The number of phenolic OH excluding ortho intramolecular Hbond substituents is 1. The lowest BCUT2D eigenvalue weighted by atomic mass is 10.00. The van der Waals surface area contributed by atoms with Gasteiger partial charge in [0.15, 0.2) is 0 Å². The zero-order valence-electron chi connectivity index (χ0n) is 9.36. The number of nitriles is 1. The number of hydrogen-bond acceptors (Lipinski definition) is 4. The maximum Gasteiger partial charge on any atom is 0.310 e. The lowest BCUT2D eigenvalue weighted by Gasteiger charge is -2.09. The Bertz CT molecular complexity index is 466. The molecule has 0 aliphatic rings. The highest BCUT2D eigenvalue weighted by Gasteiger charge is 2.14. The van der Waals surface area contributed by atoms with Gasteiger partial charge in [-0.2, -0.15) is 5.26 Å². The number of hydrogen-bond donors (Lipinski definition) is 1. The van der Waals surface area contributed by atoms with E-state index in [0.717, 1.165) is 0 Å². The molecule has 0 unspecified atom stereocenters. The molecule has 5 heteroatoms. The average Bonchev–Trinajstić information content (AvgIpc) is 2.31. The highest BCUT2D eigenvalue weighted by molar-refractivity contribution is 9.08. The Morgan fingerprint density at radius 1 is 1.59 bits per heavy atom. The largest absolute Gasteiger partial charge is 0.507 e. The van der Waals surface area contributed by atoms with Crippen molar-refractivity contribution >= 4 is 21.9 Å². The van der Waals surface area contributed by atoms with Crippen molar-refractivity contribution in [2.45, 2.75) is 18.7 Å². The number of esters is 1. The fourth-order valence-corrected chi connectivity index (χ4v) is 2.13. The van der Waals surface area contributed by atoms with Gasteiger partial charge in [-0.1, -0.05) is 22.0 Å². The van der Waals surface area contributed by atoms with Crippen LogP contribution in [0.4, 0.5) is 0 Å². The Labute approximate surface area is 108 Å². The minimum atomic E-state index is -0.343. The van der Waals surface area contributed by atoms with Gasteiger partial charge in [0.05, 0.1) is 18.6 Å². The molecule has 1 rings (SSSR count). The molecule has 1 aromatic carbocycles. The van der Waals surface area contributed by atoms with Crippen molar-refractivity contribution in [3.63, 3.8) is 0 Å². The zero-order chi connectivity index (χ0) is 12.8. The van der Waals surface area contributed by atoms with Crippen LogP contribution >= 0.6 is 15.9 Å². The number of halogens is 1. The van der Waals surface area contributed by atoms with Gasteiger partial charge in [0, 0.05) is 5.33 Å². The smallest absolute Gasteiger partial charge is 0.310 e. The molecule has 0 heterocycles. The molecule has 4 nitrogen and oxygen atoms in total. The highest BCUT2D eigenvalue weighted by atomic mass is 79.9. The normalized spacial score (nSPS) is 9.71. The Hall–Kier alpha value is -1.54. The summed E-state index contributed by atoms with van der Waals surface area (Å²) in [5.74, 6) is -0.418. The summed E-state index contributed by atoms with van der Waals surface area (Å²) in [6.07, 6.45) is 0.101. The number of alkyl halides is 1. The van der Waals surface area contributed by atoms with Gasteiger partial charge < -0.3 is 9.84 Å². The summed E-state index contributed by atoms with van der Waals surface area (Å²) in [6.45, 7) is 2.06. The third-order valence-electron chi connectivity index (χ3n) is 2.27. The molecule has 0 amide bonds. The van der Waals surface area contributed by atoms with Crippen LogP contribution in [-0.2, 0) is 21.3 Å². The second kappa shape index (κ2) is 6.26. The van der Waals surface area contributed by atoms with E-state index in [1.165, 1.54) is 6.07 Å². The molecule has 1 N–H and O–H groups in total. The van der Waals surface area contributed by atoms with E-state index >= 15 is 0 Å². The highest BCUT2D eigenvalue weighted by Crippen LogP contribution is 2.26. The number of carbonyl (C=O) groups is 1. The van der Waals surface area contributed by atoms with Gasteiger partial charge in [0.2, 0.25) is 0 Å². The Balaban J connectivity index is 3.09. The van der Waals surface area contributed by atoms with Crippen LogP contribution < -0.4 is 0 Å². The maximum atomic E-state index is 11.4. The van der Waals surface area contributed by atoms with Crippen molar-refractivity contribution in [1.82, 2.24) is 0 Å². The van der Waals surface area contributed by atoms with Gasteiger partial charge in [-0.15, -0.1) is 0 Å². The minimum absolute atomic E-state index is 0.0745. The lowest BCUT2D eigenvalue weighted by Crippen LogP contribution is -2.09. The predicted octanol–water partition coefficient (Wildman–Crippen LogP) is 2.26. The fourth-order valence-electron chi connectivity index (χ4n) is 1.49. The van der Waals surface area contributed by atoms with E-state index in [9.17, 15) is 9.90 Å². The molecule has 0 radical (unpaired) electrons. The first-order chi connectivity index (χ1) is 8.13. The number of ether oxygens (including phenoxy) is 1. The van der Waals surface area contributed by atoms with Crippen LogP contribution in [0.5, 0.6) is 5.75 Å². The Morgan fingerprint density at radius 3 is 2.82 bits per heavy atom. The van der Waals surface area contributed by atoms with Gasteiger partial charge >= 0.3 is 5.97 Å². The first-order valence-electron chi connectivity index (χ1n) is 5.09. The summed E-state index contributed by atoms with van der Waals surface area (Å²) in [6, 6.07) is 4.97. The van der Waals surface area contributed by atoms with Crippen LogP contribution in [0.2, 0.25) is 0 Å². The molecule has 0 aliphatic heterocycles. The minimum Gasteiger partial charge on any atom is -0.507 e. The van der Waals surface area contributed by atoms with Crippen LogP contribution in [0.25, 0.3) is 0 Å².